The van der Waals surface area contributed by atoms with E-state index in [4.69, 9.17) is 4.74 Å². The molecule has 1 N–H and O–H groups in total. The first-order chi connectivity index (χ1) is 17.5. The van der Waals surface area contributed by atoms with E-state index in [0.29, 0.717) is 5.39 Å². The number of rotatable bonds is 6. The smallest absolute Gasteiger partial charge is 0.392 e. The normalized spacial score (nSPS) is 17.5. The molecule has 0 spiro atoms. The van der Waals surface area contributed by atoms with Gasteiger partial charge in [-0.2, -0.15) is 18.3 Å². The molecule has 5 rings (SSSR count). The Morgan fingerprint density at radius 2 is 1.89 bits per heavy atom. The molecule has 1 aliphatic carbocycles. The molecule has 192 valence electrons. The van der Waals surface area contributed by atoms with E-state index >= 15 is 4.39 Å². The van der Waals surface area contributed by atoms with Gasteiger partial charge in [0.2, 0.25) is 0 Å². The van der Waals surface area contributed by atoms with Crippen molar-refractivity contribution in [2.24, 2.45) is 5.92 Å². The average Bonchev–Trinajstić information content (AvgIpc) is 3.65. The molecule has 0 radical (unpaired) electrons. The molecule has 4 aromatic rings. The molecule has 2 aromatic heterocycles. The number of benzene rings is 2. The minimum absolute atomic E-state index is 0.000147. The van der Waals surface area contributed by atoms with Crippen LogP contribution in [-0.4, -0.2) is 36.5 Å². The first-order valence-corrected chi connectivity index (χ1v) is 12.4. The van der Waals surface area contributed by atoms with E-state index in [-0.39, 0.29) is 39.7 Å². The standard InChI is InChI=1S/C24H18F4N4O4S/c1-36-21-11-16(15-10-17(15)24(26,27)28)18(25)12-20(21)32-19-6-5-14(9-13(19)4-7-23(32)33)37(34,35)31-22-3-2-8-29-30-22/h2-9,11-12,15,17H,10H2,1H3,(H,30,31)/t15-,17+/m1/s1. The maximum absolute atomic E-state index is 15.0. The van der Waals surface area contributed by atoms with Crippen LogP contribution >= 0.6 is 0 Å². The van der Waals surface area contributed by atoms with Gasteiger partial charge in [0.15, 0.2) is 5.82 Å². The van der Waals surface area contributed by atoms with Crippen LogP contribution in [0.25, 0.3) is 16.6 Å². The van der Waals surface area contributed by atoms with E-state index in [1.807, 2.05) is 0 Å². The van der Waals surface area contributed by atoms with Gasteiger partial charge in [-0.3, -0.25) is 14.1 Å². The quantitative estimate of drug-likeness (QED) is 0.368. The van der Waals surface area contributed by atoms with Gasteiger partial charge in [-0.15, -0.1) is 5.10 Å². The summed E-state index contributed by atoms with van der Waals surface area (Å²) in [5, 5.41) is 7.63. The Labute approximate surface area is 207 Å². The number of hydrogen-bond acceptors (Lipinski definition) is 6. The summed E-state index contributed by atoms with van der Waals surface area (Å²) >= 11 is 0. The van der Waals surface area contributed by atoms with E-state index in [1.165, 1.54) is 61.8 Å². The van der Waals surface area contributed by atoms with Crippen LogP contribution in [0.4, 0.5) is 23.4 Å². The van der Waals surface area contributed by atoms with Crippen molar-refractivity contribution < 1.29 is 30.7 Å². The van der Waals surface area contributed by atoms with Gasteiger partial charge in [0.25, 0.3) is 15.6 Å². The van der Waals surface area contributed by atoms with Gasteiger partial charge < -0.3 is 4.74 Å². The van der Waals surface area contributed by atoms with Crippen molar-refractivity contribution in [3.63, 3.8) is 0 Å². The van der Waals surface area contributed by atoms with Gasteiger partial charge in [-0.05, 0) is 60.4 Å². The molecule has 2 aromatic carbocycles. The maximum atomic E-state index is 15.0. The van der Waals surface area contributed by atoms with Gasteiger partial charge in [-0.1, -0.05) is 0 Å². The van der Waals surface area contributed by atoms with Gasteiger partial charge in [0.1, 0.15) is 11.6 Å². The molecule has 1 aliphatic rings. The fourth-order valence-electron chi connectivity index (χ4n) is 4.27. The predicted octanol–water partition coefficient (Wildman–Crippen LogP) is 4.40. The highest BCUT2D eigenvalue weighted by molar-refractivity contribution is 7.92. The fourth-order valence-corrected chi connectivity index (χ4v) is 5.31. The van der Waals surface area contributed by atoms with Crippen LogP contribution < -0.4 is 15.0 Å². The molecule has 0 aliphatic heterocycles. The third kappa shape index (κ3) is 4.61. The van der Waals surface area contributed by atoms with E-state index in [9.17, 15) is 26.4 Å². The molecule has 0 amide bonds. The van der Waals surface area contributed by atoms with Crippen LogP contribution in [0.3, 0.4) is 0 Å². The summed E-state index contributed by atoms with van der Waals surface area (Å²) < 4.78 is 88.5. The lowest BCUT2D eigenvalue weighted by Crippen LogP contribution is -2.19. The number of halogens is 4. The maximum Gasteiger partial charge on any atom is 0.392 e. The number of anilines is 1. The first-order valence-electron chi connectivity index (χ1n) is 10.9. The minimum Gasteiger partial charge on any atom is -0.495 e. The second-order valence-corrected chi connectivity index (χ2v) is 10.2. The molecule has 8 nitrogen and oxygen atoms in total. The third-order valence-corrected chi connectivity index (χ3v) is 7.49. The summed E-state index contributed by atoms with van der Waals surface area (Å²) in [6.45, 7) is 0. The van der Waals surface area contributed by atoms with Crippen LogP contribution in [0.5, 0.6) is 5.75 Å². The number of fused-ring (bicyclic) bond motifs is 1. The first kappa shape index (κ1) is 24.7. The second kappa shape index (κ2) is 8.83. The lowest BCUT2D eigenvalue weighted by Gasteiger charge is -2.17. The summed E-state index contributed by atoms with van der Waals surface area (Å²) in [7, 11) is -2.80. The van der Waals surface area contributed by atoms with Crippen molar-refractivity contribution in [3.8, 4) is 11.4 Å². The molecule has 37 heavy (non-hydrogen) atoms. The number of alkyl halides is 3. The zero-order valence-corrected chi connectivity index (χ0v) is 19.8. The molecular weight excluding hydrogens is 516 g/mol. The van der Waals surface area contributed by atoms with Crippen LogP contribution in [0.2, 0.25) is 0 Å². The third-order valence-electron chi connectivity index (χ3n) is 6.14. The summed E-state index contributed by atoms with van der Waals surface area (Å²) in [6, 6.07) is 11.6. The summed E-state index contributed by atoms with van der Waals surface area (Å²) in [6.07, 6.45) is -3.28. The highest BCUT2D eigenvalue weighted by Crippen LogP contribution is 2.57. The summed E-state index contributed by atoms with van der Waals surface area (Å²) in [5.41, 5.74) is -0.515. The predicted molar refractivity (Wildman–Crippen MR) is 126 cm³/mol. The minimum atomic E-state index is -4.43. The highest BCUT2D eigenvalue weighted by atomic mass is 32.2. The molecule has 1 fully saturated rings. The Bertz CT molecular complexity index is 1670. The van der Waals surface area contributed by atoms with Gasteiger partial charge >= 0.3 is 6.18 Å². The molecule has 2 atom stereocenters. The van der Waals surface area contributed by atoms with E-state index in [1.54, 1.807) is 0 Å². The number of nitrogens with zero attached hydrogens (tertiary/aromatic N) is 3. The van der Waals surface area contributed by atoms with Gasteiger partial charge in [0.05, 0.1) is 29.1 Å². The molecule has 0 saturated heterocycles. The molecule has 1 saturated carbocycles. The monoisotopic (exact) mass is 534 g/mol. The van der Waals surface area contributed by atoms with E-state index in [0.717, 1.165) is 10.6 Å². The number of sulfonamides is 1. The molecule has 13 heteroatoms. The van der Waals surface area contributed by atoms with Crippen LogP contribution in [0, 0.1) is 11.7 Å². The number of nitrogens with one attached hydrogen (secondary N) is 1. The largest absolute Gasteiger partial charge is 0.495 e. The van der Waals surface area contributed by atoms with Crippen molar-refractivity contribution in [1.82, 2.24) is 14.8 Å². The number of hydrogen-bond donors (Lipinski definition) is 1. The zero-order chi connectivity index (χ0) is 26.5. The molecule has 2 heterocycles. The van der Waals surface area contributed by atoms with Crippen LogP contribution in [-0.2, 0) is 10.0 Å². The number of aromatic nitrogens is 3. The average molecular weight is 534 g/mol. The Morgan fingerprint density at radius 3 is 2.54 bits per heavy atom. The number of ether oxygens (including phenoxy) is 1. The Balaban J connectivity index is 1.58. The summed E-state index contributed by atoms with van der Waals surface area (Å²) in [5.74, 6) is -3.55. The van der Waals surface area contributed by atoms with Crippen molar-refractivity contribution >= 4 is 26.7 Å². The van der Waals surface area contributed by atoms with Crippen LogP contribution in [0.1, 0.15) is 17.9 Å². The molecular formula is C24H18F4N4O4S. The number of pyridine rings is 1. The SMILES string of the molecule is COc1cc([C@H]2C[C@@H]2C(F)(F)F)c(F)cc1-n1c(=O)ccc2cc(S(=O)(=O)Nc3cccnn3)ccc21. The lowest BCUT2D eigenvalue weighted by atomic mass is 10.1. The lowest BCUT2D eigenvalue weighted by molar-refractivity contribution is -0.148. The van der Waals surface area contributed by atoms with Gasteiger partial charge in [-0.25, -0.2) is 12.8 Å². The van der Waals surface area contributed by atoms with E-state index < -0.39 is 39.4 Å². The Hall–Kier alpha value is -4.00. The fraction of sp³-hybridized carbons (Fsp3) is 0.208. The second-order valence-electron chi connectivity index (χ2n) is 8.48. The van der Waals surface area contributed by atoms with Gasteiger partial charge in [0, 0.05) is 23.7 Å². The Kier molecular flexibility index (Phi) is 5.89. The summed E-state index contributed by atoms with van der Waals surface area (Å²) in [4.78, 5) is 12.7. The molecule has 0 bridgehead atoms. The van der Waals surface area contributed by atoms with Crippen molar-refractivity contribution in [2.45, 2.75) is 23.4 Å². The molecule has 0 unspecified atom stereocenters. The van der Waals surface area contributed by atoms with Crippen molar-refractivity contribution in [3.05, 3.63) is 82.5 Å². The topological polar surface area (TPSA) is 103 Å². The van der Waals surface area contributed by atoms with Crippen LogP contribution in [0.15, 0.2) is 70.5 Å². The zero-order valence-electron chi connectivity index (χ0n) is 19.0. The van der Waals surface area contributed by atoms with Crippen molar-refractivity contribution in [2.75, 3.05) is 11.8 Å². The highest BCUT2D eigenvalue weighted by Gasteiger charge is 2.57. The Morgan fingerprint density at radius 1 is 1.11 bits per heavy atom. The van der Waals surface area contributed by atoms with Crippen molar-refractivity contribution in [1.29, 1.82) is 0 Å². The van der Waals surface area contributed by atoms with E-state index in [2.05, 4.69) is 14.9 Å². The number of methoxy groups -OCH3 is 1.